The normalized spacial score (nSPS) is 10.4. The Morgan fingerprint density at radius 3 is 1.11 bits per heavy atom. The van der Waals surface area contributed by atoms with E-state index in [0.29, 0.717) is 0 Å². The van der Waals surface area contributed by atoms with Crippen LogP contribution in [0.2, 0.25) is 0 Å². The largest absolute Gasteiger partial charge is 0.192 e. The first-order chi connectivity index (χ1) is 8.69. The molecule has 0 saturated heterocycles. The molecule has 0 N–H and O–H groups in total. The molecule has 0 heterocycles. The number of halogens is 5. The van der Waals surface area contributed by atoms with Crippen LogP contribution in [-0.2, 0) is 0 Å². The molecule has 0 radical (unpaired) electrons. The summed E-state index contributed by atoms with van der Waals surface area (Å²) in [6.07, 6.45) is 0. The number of hydrogen-bond donors (Lipinski definition) is 0. The molecule has 0 saturated carbocycles. The number of hydrogen-bond acceptors (Lipinski definition) is 6. The molecule has 98 valence electrons. The highest BCUT2D eigenvalue weighted by Crippen LogP contribution is 2.51. The van der Waals surface area contributed by atoms with E-state index >= 15 is 0 Å². The molecule has 0 unspecified atom stereocenters. The van der Waals surface area contributed by atoms with Crippen LogP contribution in [0, 0.1) is 11.3 Å². The van der Waals surface area contributed by atoms with Crippen LogP contribution < -0.4 is 0 Å². The number of benzene rings is 1. The predicted molar refractivity (Wildman–Crippen MR) is 66.0 cm³/mol. The van der Waals surface area contributed by atoms with Crippen molar-refractivity contribution in [3.63, 3.8) is 0 Å². The molecule has 18 heavy (non-hydrogen) atoms. The SMILES string of the molecule is N#Cc1c(SF)c(SF)c(SF)c(SF)c1SF. The van der Waals surface area contributed by atoms with Crippen molar-refractivity contribution in [1.82, 2.24) is 0 Å². The minimum Gasteiger partial charge on any atom is -0.192 e. The van der Waals surface area contributed by atoms with Gasteiger partial charge in [-0.3, -0.25) is 0 Å². The van der Waals surface area contributed by atoms with E-state index in [-0.39, 0.29) is 0 Å². The standard InChI is InChI=1S/C7F5NS5/c8-14-3-2(1-13)4(15-9)6(17-11)7(18-12)5(3)16-10. The van der Waals surface area contributed by atoms with Crippen LogP contribution in [0.1, 0.15) is 5.56 Å². The molecule has 0 atom stereocenters. The average Bonchev–Trinajstić information content (AvgIpc) is 2.43. The third-order valence-electron chi connectivity index (χ3n) is 1.78. The summed E-state index contributed by atoms with van der Waals surface area (Å²) in [6, 6.07) is 1.45. The molecular weight excluding hydrogens is 353 g/mol. The fourth-order valence-corrected chi connectivity index (χ4v) is 3.94. The second-order valence-corrected chi connectivity index (χ2v) is 5.33. The predicted octanol–water partition coefficient (Wildman–Crippen LogP) is 6.44. The zero-order valence-corrected chi connectivity index (χ0v) is 12.0. The van der Waals surface area contributed by atoms with Crippen molar-refractivity contribution in [3.05, 3.63) is 5.56 Å². The Hall–Kier alpha value is 0.110. The summed E-state index contributed by atoms with van der Waals surface area (Å²) >= 11 is -2.66. The first-order valence-corrected chi connectivity index (χ1v) is 7.35. The molecule has 11 heteroatoms. The lowest BCUT2D eigenvalue weighted by Crippen LogP contribution is -1.93. The zero-order chi connectivity index (χ0) is 13.7. The quantitative estimate of drug-likeness (QED) is 0.565. The molecule has 0 aliphatic heterocycles. The van der Waals surface area contributed by atoms with Gasteiger partial charge in [-0.25, -0.2) is 0 Å². The Bertz CT molecular complexity index is 457. The molecule has 1 nitrogen and oxygen atoms in total. The maximum absolute atomic E-state index is 12.7. The van der Waals surface area contributed by atoms with E-state index in [0.717, 1.165) is 0 Å². The van der Waals surface area contributed by atoms with Gasteiger partial charge in [-0.2, -0.15) is 24.7 Å². The van der Waals surface area contributed by atoms with E-state index in [2.05, 4.69) is 0 Å². The van der Waals surface area contributed by atoms with Gasteiger partial charge in [0.1, 0.15) is 6.07 Å². The van der Waals surface area contributed by atoms with E-state index in [9.17, 15) is 19.4 Å². The maximum atomic E-state index is 12.7. The highest BCUT2D eigenvalue weighted by Gasteiger charge is 2.28. The molecule has 1 aromatic rings. The molecule has 0 fully saturated rings. The van der Waals surface area contributed by atoms with E-state index in [4.69, 9.17) is 5.26 Å². The summed E-state index contributed by atoms with van der Waals surface area (Å²) in [6.45, 7) is 0. The Balaban J connectivity index is 3.79. The van der Waals surface area contributed by atoms with Crippen LogP contribution in [0.15, 0.2) is 24.5 Å². The van der Waals surface area contributed by atoms with Gasteiger partial charge in [0, 0.05) is 0 Å². The summed E-state index contributed by atoms with van der Waals surface area (Å²) in [5.74, 6) is 0. The average molecular weight is 353 g/mol. The second kappa shape index (κ2) is 7.64. The Labute approximate surface area is 121 Å². The smallest absolute Gasteiger partial charge is 0.102 e. The fraction of sp³-hybridized carbons (Fsp3) is 0. The van der Waals surface area contributed by atoms with Gasteiger partial charge in [-0.1, -0.05) is 0 Å². The van der Waals surface area contributed by atoms with Crippen LogP contribution in [0.5, 0.6) is 0 Å². The van der Waals surface area contributed by atoms with Crippen molar-refractivity contribution >= 4 is 60.7 Å². The molecule has 0 aliphatic carbocycles. The van der Waals surface area contributed by atoms with Crippen LogP contribution in [0.4, 0.5) is 19.4 Å². The molecule has 0 aromatic heterocycles. The van der Waals surface area contributed by atoms with E-state index in [1.165, 1.54) is 6.07 Å². The van der Waals surface area contributed by atoms with Gasteiger partial charge in [-0.05, 0) is 0 Å². The molecule has 1 rings (SSSR count). The number of rotatable bonds is 5. The maximum Gasteiger partial charge on any atom is 0.102 e. The summed E-state index contributed by atoms with van der Waals surface area (Å²) in [7, 11) is 0. The van der Waals surface area contributed by atoms with Crippen molar-refractivity contribution in [2.45, 2.75) is 24.5 Å². The van der Waals surface area contributed by atoms with Crippen LogP contribution >= 0.6 is 60.7 Å². The minimum atomic E-state index is -0.589. The van der Waals surface area contributed by atoms with Gasteiger partial charge in [0.2, 0.25) is 0 Å². The fourth-order valence-electron chi connectivity index (χ4n) is 1.10. The van der Waals surface area contributed by atoms with Gasteiger partial charge in [0.05, 0.1) is 90.8 Å². The van der Waals surface area contributed by atoms with Crippen molar-refractivity contribution < 1.29 is 19.4 Å². The van der Waals surface area contributed by atoms with Crippen LogP contribution in [0.3, 0.4) is 0 Å². The van der Waals surface area contributed by atoms with Gasteiger partial charge in [-0.15, -0.1) is 0 Å². The lowest BCUT2D eigenvalue weighted by Gasteiger charge is -2.13. The topological polar surface area (TPSA) is 23.8 Å². The molecule has 0 bridgehead atoms. The highest BCUT2D eigenvalue weighted by molar-refractivity contribution is 8.00. The van der Waals surface area contributed by atoms with Crippen molar-refractivity contribution in [3.8, 4) is 6.07 Å². The summed E-state index contributed by atoms with van der Waals surface area (Å²) < 4.78 is 63.5. The Morgan fingerprint density at radius 2 is 0.889 bits per heavy atom. The molecule has 0 amide bonds. The third kappa shape index (κ3) is 2.82. The van der Waals surface area contributed by atoms with Gasteiger partial charge in [0.15, 0.2) is 0 Å². The number of nitrogens with zero attached hydrogens (tertiary/aromatic N) is 1. The summed E-state index contributed by atoms with van der Waals surface area (Å²) in [4.78, 5) is -2.88. The van der Waals surface area contributed by atoms with Crippen molar-refractivity contribution in [2.24, 2.45) is 0 Å². The van der Waals surface area contributed by atoms with Crippen LogP contribution in [-0.4, -0.2) is 0 Å². The van der Waals surface area contributed by atoms with E-state index < -0.39 is 90.8 Å². The van der Waals surface area contributed by atoms with Crippen LogP contribution in [0.25, 0.3) is 0 Å². The molecule has 0 aliphatic rings. The van der Waals surface area contributed by atoms with E-state index in [1.807, 2.05) is 0 Å². The van der Waals surface area contributed by atoms with Gasteiger partial charge < -0.3 is 0 Å². The lowest BCUT2D eigenvalue weighted by molar-refractivity contribution is 0.822. The van der Waals surface area contributed by atoms with Crippen molar-refractivity contribution in [1.29, 1.82) is 5.26 Å². The minimum absolute atomic E-state index is 0.526. The molecule has 1 aromatic carbocycles. The van der Waals surface area contributed by atoms with Gasteiger partial charge in [0.25, 0.3) is 0 Å². The first-order valence-electron chi connectivity index (χ1n) is 3.77. The monoisotopic (exact) mass is 353 g/mol. The molecular formula is C7F5NS5. The second-order valence-electron chi connectivity index (χ2n) is 2.52. The lowest BCUT2D eigenvalue weighted by atomic mass is 10.2. The Morgan fingerprint density at radius 1 is 0.611 bits per heavy atom. The van der Waals surface area contributed by atoms with Crippen molar-refractivity contribution in [2.75, 3.05) is 0 Å². The number of nitriles is 1. The van der Waals surface area contributed by atoms with E-state index in [1.54, 1.807) is 0 Å². The van der Waals surface area contributed by atoms with Gasteiger partial charge >= 0.3 is 0 Å². The zero-order valence-electron chi connectivity index (χ0n) is 7.88. The Kier molecular flexibility index (Phi) is 6.86. The summed E-state index contributed by atoms with van der Waals surface area (Å²) in [5, 5.41) is 8.79. The summed E-state index contributed by atoms with van der Waals surface area (Å²) in [5.41, 5.74) is -0.562. The highest BCUT2D eigenvalue weighted by atomic mass is 32.2. The first kappa shape index (κ1) is 16.2. The third-order valence-corrected chi connectivity index (χ3v) is 5.11. The molecule has 0 spiro atoms.